The number of aromatic hydroxyl groups is 1. The van der Waals surface area contributed by atoms with Gasteiger partial charge in [-0.05, 0) is 77.0 Å². The Balaban J connectivity index is 1.64. The average Bonchev–Trinajstić information content (AvgIpc) is 3.03. The molecule has 0 amide bonds. The first-order valence-corrected chi connectivity index (χ1v) is 9.16. The molecule has 0 radical (unpaired) electrons. The normalized spacial score (nSPS) is 11.5. The number of oxazole rings is 1. The van der Waals surface area contributed by atoms with Crippen molar-refractivity contribution in [1.82, 2.24) is 4.98 Å². The van der Waals surface area contributed by atoms with Crippen LogP contribution in [0.2, 0.25) is 0 Å². The molecule has 4 rings (SSSR count). The van der Waals surface area contributed by atoms with E-state index in [1.165, 1.54) is 0 Å². The number of fused-ring (bicyclic) bond motifs is 1. The van der Waals surface area contributed by atoms with Gasteiger partial charge in [-0.1, -0.05) is 18.2 Å². The van der Waals surface area contributed by atoms with Crippen molar-refractivity contribution in [3.8, 4) is 17.2 Å². The highest BCUT2D eigenvalue weighted by Gasteiger charge is 2.12. The molecule has 26 heavy (non-hydrogen) atoms. The summed E-state index contributed by atoms with van der Waals surface area (Å²) in [6.45, 7) is 2.00. The molecule has 1 aromatic heterocycles. The second-order valence-corrected chi connectivity index (χ2v) is 7.25. The van der Waals surface area contributed by atoms with E-state index in [9.17, 15) is 5.11 Å². The highest BCUT2D eigenvalue weighted by Crippen LogP contribution is 2.34. The first kappa shape index (κ1) is 16.8. The number of halogens is 1. The summed E-state index contributed by atoms with van der Waals surface area (Å²) in [5, 5.41) is 10.4. The molecule has 0 atom stereocenters. The third-order valence-electron chi connectivity index (χ3n) is 3.97. The Bertz CT molecular complexity index is 1130. The Morgan fingerprint density at radius 1 is 1.08 bits per heavy atom. The van der Waals surface area contributed by atoms with Crippen molar-refractivity contribution >= 4 is 45.6 Å². The van der Waals surface area contributed by atoms with E-state index in [2.05, 4.69) is 32.6 Å². The van der Waals surface area contributed by atoms with Gasteiger partial charge in [-0.3, -0.25) is 4.99 Å². The highest BCUT2D eigenvalue weighted by molar-refractivity contribution is 14.1. The largest absolute Gasteiger partial charge is 0.507 e. The number of phenolic OH excluding ortho intramolecular Hbond substituents is 1. The summed E-state index contributed by atoms with van der Waals surface area (Å²) in [5.41, 5.74) is 4.80. The Labute approximate surface area is 164 Å². The smallest absolute Gasteiger partial charge is 0.231 e. The molecule has 0 unspecified atom stereocenters. The van der Waals surface area contributed by atoms with Gasteiger partial charge in [-0.2, -0.15) is 0 Å². The van der Waals surface area contributed by atoms with Crippen molar-refractivity contribution in [1.29, 1.82) is 0 Å². The number of aromatic nitrogens is 1. The Morgan fingerprint density at radius 2 is 1.96 bits per heavy atom. The number of hydrogen-bond acceptors (Lipinski definition) is 4. The third-order valence-corrected chi connectivity index (χ3v) is 4.64. The molecule has 5 heteroatoms. The van der Waals surface area contributed by atoms with Crippen LogP contribution >= 0.6 is 22.6 Å². The molecule has 4 nitrogen and oxygen atoms in total. The van der Waals surface area contributed by atoms with Crippen LogP contribution in [0.5, 0.6) is 5.75 Å². The lowest BCUT2D eigenvalue weighted by atomic mass is 10.2. The fraction of sp³-hybridized carbons (Fsp3) is 0.0476. The third kappa shape index (κ3) is 3.48. The molecule has 0 aliphatic carbocycles. The van der Waals surface area contributed by atoms with Crippen LogP contribution in [0.25, 0.3) is 22.6 Å². The van der Waals surface area contributed by atoms with E-state index in [0.29, 0.717) is 22.7 Å². The van der Waals surface area contributed by atoms with Crippen LogP contribution in [0.1, 0.15) is 11.1 Å². The average molecular weight is 454 g/mol. The maximum absolute atomic E-state index is 10.4. The van der Waals surface area contributed by atoms with Crippen LogP contribution in [0.15, 0.2) is 70.1 Å². The van der Waals surface area contributed by atoms with Crippen molar-refractivity contribution < 1.29 is 9.52 Å². The van der Waals surface area contributed by atoms with Crippen LogP contribution < -0.4 is 0 Å². The topological polar surface area (TPSA) is 58.6 Å². The van der Waals surface area contributed by atoms with E-state index in [4.69, 9.17) is 4.42 Å². The minimum absolute atomic E-state index is 0.0885. The van der Waals surface area contributed by atoms with Gasteiger partial charge in [0.15, 0.2) is 5.58 Å². The summed E-state index contributed by atoms with van der Waals surface area (Å²) in [6.07, 6.45) is 1.78. The van der Waals surface area contributed by atoms with Gasteiger partial charge in [0.25, 0.3) is 0 Å². The van der Waals surface area contributed by atoms with E-state index in [1.54, 1.807) is 18.3 Å². The molecule has 3 aromatic carbocycles. The number of rotatable bonds is 3. The Hall–Kier alpha value is -2.67. The summed E-state index contributed by atoms with van der Waals surface area (Å²) in [7, 11) is 0. The quantitative estimate of drug-likeness (QED) is 0.312. The zero-order chi connectivity index (χ0) is 18.1. The van der Waals surface area contributed by atoms with Crippen molar-refractivity contribution in [3.63, 3.8) is 0 Å². The van der Waals surface area contributed by atoms with E-state index in [0.717, 1.165) is 20.2 Å². The van der Waals surface area contributed by atoms with Crippen molar-refractivity contribution in [3.05, 3.63) is 75.4 Å². The maximum Gasteiger partial charge on any atom is 0.231 e. The monoisotopic (exact) mass is 454 g/mol. The molecule has 0 aliphatic rings. The number of aryl methyl sites for hydroxylation is 1. The van der Waals surface area contributed by atoms with E-state index >= 15 is 0 Å². The number of benzene rings is 3. The number of aliphatic imine (C=N–C) groups is 1. The minimum atomic E-state index is 0.0885. The molecule has 1 heterocycles. The zero-order valence-corrected chi connectivity index (χ0v) is 16.1. The van der Waals surface area contributed by atoms with Gasteiger partial charge in [0.05, 0.1) is 11.3 Å². The summed E-state index contributed by atoms with van der Waals surface area (Å²) in [4.78, 5) is 8.88. The summed E-state index contributed by atoms with van der Waals surface area (Å²) in [6, 6.07) is 19.1. The molecule has 1 N–H and O–H groups in total. The van der Waals surface area contributed by atoms with Gasteiger partial charge in [0.2, 0.25) is 5.89 Å². The van der Waals surface area contributed by atoms with E-state index in [1.807, 2.05) is 55.5 Å². The molecule has 128 valence electrons. The van der Waals surface area contributed by atoms with Crippen LogP contribution in [0.4, 0.5) is 5.69 Å². The predicted molar refractivity (Wildman–Crippen MR) is 112 cm³/mol. The molecule has 0 fully saturated rings. The molecule has 0 saturated heterocycles. The van der Waals surface area contributed by atoms with E-state index in [-0.39, 0.29) is 5.75 Å². The minimum Gasteiger partial charge on any atom is -0.507 e. The molecule has 0 bridgehead atoms. The number of nitrogens with zero attached hydrogens (tertiary/aromatic N) is 2. The first-order chi connectivity index (χ1) is 12.6. The molecular weight excluding hydrogens is 439 g/mol. The summed E-state index contributed by atoms with van der Waals surface area (Å²) < 4.78 is 6.94. The van der Waals surface area contributed by atoms with Gasteiger partial charge in [0.1, 0.15) is 11.3 Å². The van der Waals surface area contributed by atoms with Crippen molar-refractivity contribution in [2.45, 2.75) is 6.92 Å². The predicted octanol–water partition coefficient (Wildman–Crippen LogP) is 5.86. The second kappa shape index (κ2) is 6.92. The van der Waals surface area contributed by atoms with Gasteiger partial charge in [-0.15, -0.1) is 0 Å². The molecule has 0 saturated carbocycles. The maximum atomic E-state index is 10.4. The molecule has 4 aromatic rings. The number of phenols is 1. The molecule has 0 spiro atoms. The van der Waals surface area contributed by atoms with Crippen molar-refractivity contribution in [2.75, 3.05) is 0 Å². The highest BCUT2D eigenvalue weighted by atomic mass is 127. The van der Waals surface area contributed by atoms with Crippen LogP contribution in [-0.4, -0.2) is 16.3 Å². The standard InChI is InChI=1S/C21H15IN2O2/c1-13-5-8-18-20(9-13)26-21(24-18)17-7-6-16(11-19(17)25)23-12-14-3-2-4-15(22)10-14/h2-12,25H,1H3. The summed E-state index contributed by atoms with van der Waals surface area (Å²) in [5.74, 6) is 0.488. The fourth-order valence-corrected chi connectivity index (χ4v) is 3.23. The Kier molecular flexibility index (Phi) is 4.46. The van der Waals surface area contributed by atoms with Gasteiger partial charge < -0.3 is 9.52 Å². The summed E-state index contributed by atoms with van der Waals surface area (Å²) >= 11 is 2.26. The van der Waals surface area contributed by atoms with Gasteiger partial charge >= 0.3 is 0 Å². The lowest BCUT2D eigenvalue weighted by Crippen LogP contribution is -1.82. The Morgan fingerprint density at radius 3 is 2.77 bits per heavy atom. The van der Waals surface area contributed by atoms with E-state index < -0.39 is 0 Å². The van der Waals surface area contributed by atoms with Crippen LogP contribution in [0.3, 0.4) is 0 Å². The molecule has 0 aliphatic heterocycles. The lowest BCUT2D eigenvalue weighted by Gasteiger charge is -2.01. The number of hydrogen-bond donors (Lipinski definition) is 1. The zero-order valence-electron chi connectivity index (χ0n) is 14.0. The van der Waals surface area contributed by atoms with Crippen LogP contribution in [-0.2, 0) is 0 Å². The molecular formula is C21H15IN2O2. The fourth-order valence-electron chi connectivity index (χ4n) is 2.66. The van der Waals surface area contributed by atoms with Crippen LogP contribution in [0, 0.1) is 10.5 Å². The second-order valence-electron chi connectivity index (χ2n) is 6.00. The lowest BCUT2D eigenvalue weighted by molar-refractivity contribution is 0.474. The van der Waals surface area contributed by atoms with Crippen molar-refractivity contribution in [2.24, 2.45) is 4.99 Å². The first-order valence-electron chi connectivity index (χ1n) is 8.09. The van der Waals surface area contributed by atoms with Gasteiger partial charge in [-0.25, -0.2) is 4.98 Å². The van der Waals surface area contributed by atoms with Gasteiger partial charge in [0, 0.05) is 15.9 Å². The SMILES string of the molecule is Cc1ccc2nc(-c3ccc(N=Cc4cccc(I)c4)cc3O)oc2c1.